The molecule has 0 radical (unpaired) electrons. The Bertz CT molecular complexity index is 91.2. The van der Waals surface area contributed by atoms with Gasteiger partial charge in [-0.05, 0) is 19.9 Å². The van der Waals surface area contributed by atoms with Gasteiger partial charge in [0.05, 0.1) is 6.17 Å². The van der Waals surface area contributed by atoms with Gasteiger partial charge in [0.2, 0.25) is 0 Å². The lowest BCUT2D eigenvalue weighted by Gasteiger charge is -2.48. The molecule has 3 fully saturated rings. The molecule has 3 aliphatic heterocycles. The molecule has 3 heterocycles. The van der Waals surface area contributed by atoms with Crippen molar-refractivity contribution in [1.82, 2.24) is 10.2 Å². The molecule has 0 amide bonds. The van der Waals surface area contributed by atoms with E-state index in [1.54, 1.807) is 0 Å². The van der Waals surface area contributed by atoms with Crippen LogP contribution in [0.5, 0.6) is 0 Å². The molecule has 2 heteroatoms. The summed E-state index contributed by atoms with van der Waals surface area (Å²) in [5.74, 6) is 0. The fraction of sp³-hybridized carbons (Fsp3) is 1.00. The van der Waals surface area contributed by atoms with Crippen molar-refractivity contribution in [1.29, 1.82) is 0 Å². The van der Waals surface area contributed by atoms with Crippen LogP contribution in [0.4, 0.5) is 0 Å². The lowest BCUT2D eigenvalue weighted by Crippen LogP contribution is -2.65. The maximum absolute atomic E-state index is 3.45. The summed E-state index contributed by atoms with van der Waals surface area (Å²) in [6.07, 6.45) is 3.47. The highest BCUT2D eigenvalue weighted by Crippen LogP contribution is 2.23. The number of piperidine rings is 1. The van der Waals surface area contributed by atoms with Crippen LogP contribution in [0.3, 0.4) is 0 Å². The van der Waals surface area contributed by atoms with Crippen molar-refractivity contribution in [3.05, 3.63) is 0 Å². The molecule has 8 heavy (non-hydrogen) atoms. The topological polar surface area (TPSA) is 15.3 Å². The largest absolute Gasteiger partial charge is 0.299 e. The first-order valence-corrected chi connectivity index (χ1v) is 3.32. The number of hydrogen-bond acceptors (Lipinski definition) is 2. The van der Waals surface area contributed by atoms with Gasteiger partial charge in [-0.25, -0.2) is 0 Å². The third-order valence-electron chi connectivity index (χ3n) is 2.30. The smallest absolute Gasteiger partial charge is 0.0611 e. The molecule has 0 aromatic carbocycles. The standard InChI is InChI=1S/C6H12N2/c1-8-3-2-5-4-6(8)7-5/h5-7H,2-4H2,1H3. The van der Waals surface area contributed by atoms with Gasteiger partial charge in [0.15, 0.2) is 0 Å². The second kappa shape index (κ2) is 1.45. The molecular weight excluding hydrogens is 100 g/mol. The van der Waals surface area contributed by atoms with Gasteiger partial charge < -0.3 is 0 Å². The molecule has 2 unspecified atom stereocenters. The van der Waals surface area contributed by atoms with Crippen molar-refractivity contribution >= 4 is 0 Å². The zero-order chi connectivity index (χ0) is 5.56. The Balaban J connectivity index is 2.01. The summed E-state index contributed by atoms with van der Waals surface area (Å²) in [5.41, 5.74) is 0. The lowest BCUT2D eigenvalue weighted by molar-refractivity contribution is 0.0351. The highest BCUT2D eigenvalue weighted by Gasteiger charge is 2.35. The monoisotopic (exact) mass is 112 g/mol. The number of nitrogens with one attached hydrogen (secondary N) is 1. The van der Waals surface area contributed by atoms with Crippen LogP contribution in [-0.4, -0.2) is 30.7 Å². The second-order valence-electron chi connectivity index (χ2n) is 2.88. The van der Waals surface area contributed by atoms with Gasteiger partial charge in [-0.15, -0.1) is 0 Å². The van der Waals surface area contributed by atoms with Crippen LogP contribution in [0.1, 0.15) is 12.8 Å². The van der Waals surface area contributed by atoms with Crippen molar-refractivity contribution in [2.45, 2.75) is 25.0 Å². The number of hydrogen-bond donors (Lipinski definition) is 1. The third kappa shape index (κ3) is 0.501. The maximum atomic E-state index is 3.45. The summed E-state index contributed by atoms with van der Waals surface area (Å²) in [4.78, 5) is 2.39. The fourth-order valence-corrected chi connectivity index (χ4v) is 1.54. The lowest BCUT2D eigenvalue weighted by atomic mass is 9.94. The molecular formula is C6H12N2. The Kier molecular flexibility index (Phi) is 0.866. The zero-order valence-electron chi connectivity index (χ0n) is 5.22. The first-order valence-electron chi connectivity index (χ1n) is 3.32. The van der Waals surface area contributed by atoms with Gasteiger partial charge in [-0.3, -0.25) is 10.2 Å². The summed E-state index contributed by atoms with van der Waals surface area (Å²) >= 11 is 0. The maximum Gasteiger partial charge on any atom is 0.0611 e. The number of fused-ring (bicyclic) bond motifs is 2. The van der Waals surface area contributed by atoms with Gasteiger partial charge in [-0.2, -0.15) is 0 Å². The minimum absolute atomic E-state index is 0.730. The quantitative estimate of drug-likeness (QED) is 0.475. The van der Waals surface area contributed by atoms with Crippen molar-refractivity contribution in [2.24, 2.45) is 0 Å². The van der Waals surface area contributed by atoms with Gasteiger partial charge in [0, 0.05) is 12.6 Å². The summed E-state index contributed by atoms with van der Waals surface area (Å²) in [6.45, 7) is 1.29. The minimum Gasteiger partial charge on any atom is -0.299 e. The van der Waals surface area contributed by atoms with Crippen LogP contribution in [0, 0.1) is 0 Å². The Morgan fingerprint density at radius 1 is 1.62 bits per heavy atom. The van der Waals surface area contributed by atoms with E-state index < -0.39 is 0 Å². The summed E-state index contributed by atoms with van der Waals surface area (Å²) in [5, 5.41) is 3.45. The molecule has 0 spiro atoms. The van der Waals surface area contributed by atoms with E-state index in [4.69, 9.17) is 0 Å². The highest BCUT2D eigenvalue weighted by atomic mass is 15.3. The normalized spacial score (nSPS) is 46.1. The molecule has 0 aromatic rings. The molecule has 0 saturated carbocycles. The molecule has 1 N–H and O–H groups in total. The van der Waals surface area contributed by atoms with Crippen LogP contribution in [0.2, 0.25) is 0 Å². The average molecular weight is 112 g/mol. The van der Waals surface area contributed by atoms with Crippen molar-refractivity contribution < 1.29 is 0 Å². The van der Waals surface area contributed by atoms with E-state index in [1.807, 2.05) is 0 Å². The van der Waals surface area contributed by atoms with Gasteiger partial charge in [0.25, 0.3) is 0 Å². The van der Waals surface area contributed by atoms with E-state index in [0.717, 1.165) is 12.2 Å². The van der Waals surface area contributed by atoms with E-state index >= 15 is 0 Å². The third-order valence-corrected chi connectivity index (χ3v) is 2.30. The molecule has 0 aliphatic carbocycles. The molecule has 2 bridgehead atoms. The Morgan fingerprint density at radius 3 is 2.62 bits per heavy atom. The molecule has 46 valence electrons. The molecule has 2 nitrogen and oxygen atoms in total. The number of rotatable bonds is 0. The molecule has 2 atom stereocenters. The van der Waals surface area contributed by atoms with Crippen LogP contribution in [0.15, 0.2) is 0 Å². The molecule has 3 aliphatic rings. The van der Waals surface area contributed by atoms with E-state index in [2.05, 4.69) is 17.3 Å². The average Bonchev–Trinajstić information content (AvgIpc) is 1.62. The van der Waals surface area contributed by atoms with Crippen molar-refractivity contribution in [3.8, 4) is 0 Å². The van der Waals surface area contributed by atoms with E-state index in [1.165, 1.54) is 19.4 Å². The predicted octanol–water partition coefficient (Wildman–Crippen LogP) is 0.00990. The minimum atomic E-state index is 0.730. The van der Waals surface area contributed by atoms with Gasteiger partial charge in [-0.1, -0.05) is 0 Å². The molecule has 3 rings (SSSR count). The summed E-state index contributed by atoms with van der Waals surface area (Å²) in [6, 6.07) is 0.871. The summed E-state index contributed by atoms with van der Waals surface area (Å²) < 4.78 is 0. The predicted molar refractivity (Wildman–Crippen MR) is 32.6 cm³/mol. The number of nitrogens with zero attached hydrogens (tertiary/aromatic N) is 1. The van der Waals surface area contributed by atoms with Crippen LogP contribution < -0.4 is 5.32 Å². The summed E-state index contributed by atoms with van der Waals surface area (Å²) in [7, 11) is 2.19. The Morgan fingerprint density at radius 2 is 2.38 bits per heavy atom. The highest BCUT2D eigenvalue weighted by molar-refractivity contribution is 4.92. The van der Waals surface area contributed by atoms with Crippen molar-refractivity contribution in [3.63, 3.8) is 0 Å². The van der Waals surface area contributed by atoms with Crippen LogP contribution in [0.25, 0.3) is 0 Å². The first kappa shape index (κ1) is 4.77. The Labute approximate surface area is 49.9 Å². The van der Waals surface area contributed by atoms with E-state index in [0.29, 0.717) is 0 Å². The van der Waals surface area contributed by atoms with E-state index in [9.17, 15) is 0 Å². The molecule has 3 saturated heterocycles. The van der Waals surface area contributed by atoms with Gasteiger partial charge in [0.1, 0.15) is 0 Å². The van der Waals surface area contributed by atoms with Gasteiger partial charge >= 0.3 is 0 Å². The van der Waals surface area contributed by atoms with Crippen LogP contribution >= 0.6 is 0 Å². The SMILES string of the molecule is CN1CCC2CC1N2. The second-order valence-corrected chi connectivity index (χ2v) is 2.88. The van der Waals surface area contributed by atoms with E-state index in [-0.39, 0.29) is 0 Å². The first-order chi connectivity index (χ1) is 3.86. The van der Waals surface area contributed by atoms with Crippen LogP contribution in [-0.2, 0) is 0 Å². The molecule has 0 aromatic heterocycles. The van der Waals surface area contributed by atoms with Crippen molar-refractivity contribution in [2.75, 3.05) is 13.6 Å². The Hall–Kier alpha value is -0.0800. The zero-order valence-corrected chi connectivity index (χ0v) is 5.22. The fourth-order valence-electron chi connectivity index (χ4n) is 1.54.